The van der Waals surface area contributed by atoms with E-state index in [1.54, 1.807) is 32.4 Å². The molecule has 1 heterocycles. The number of ether oxygens (including phenoxy) is 3. The lowest BCUT2D eigenvalue weighted by molar-refractivity contribution is 0.300. The Hall–Kier alpha value is -3.44. The van der Waals surface area contributed by atoms with Crippen molar-refractivity contribution in [2.24, 2.45) is 0 Å². The Labute approximate surface area is 185 Å². The molecule has 0 N–H and O–H groups in total. The van der Waals surface area contributed by atoms with Crippen LogP contribution in [0.2, 0.25) is 5.02 Å². The van der Waals surface area contributed by atoms with Gasteiger partial charge >= 0.3 is 0 Å². The zero-order valence-corrected chi connectivity index (χ0v) is 18.1. The molecule has 0 aliphatic heterocycles. The van der Waals surface area contributed by atoms with Gasteiger partial charge in [0.25, 0.3) is 0 Å². The van der Waals surface area contributed by atoms with Gasteiger partial charge in [-0.15, -0.1) is 0 Å². The van der Waals surface area contributed by atoms with E-state index in [1.807, 2.05) is 42.5 Å². The lowest BCUT2D eigenvalue weighted by atomic mass is 10.1. The van der Waals surface area contributed by atoms with Crippen LogP contribution in [0.5, 0.6) is 17.2 Å². The number of halogens is 1. The summed E-state index contributed by atoms with van der Waals surface area (Å²) >= 11 is 6.28. The van der Waals surface area contributed by atoms with E-state index in [4.69, 9.17) is 25.8 Å². The molecule has 0 bridgehead atoms. The molecular weight excluding hydrogens is 414 g/mol. The van der Waals surface area contributed by atoms with Crippen LogP contribution in [-0.4, -0.2) is 25.4 Å². The van der Waals surface area contributed by atoms with Crippen molar-refractivity contribution in [1.82, 2.24) is 4.57 Å². The molecule has 0 radical (unpaired) electrons. The molecule has 0 saturated carbocycles. The monoisotopic (exact) mass is 435 g/mol. The number of hydrogen-bond acceptors (Lipinski definition) is 4. The summed E-state index contributed by atoms with van der Waals surface area (Å²) in [5, 5.41) is 1.84. The highest BCUT2D eigenvalue weighted by Gasteiger charge is 2.16. The number of fused-ring (bicyclic) bond motifs is 2. The minimum absolute atomic E-state index is 0.0122. The molecule has 4 aromatic rings. The van der Waals surface area contributed by atoms with Crippen LogP contribution in [0.1, 0.15) is 5.56 Å². The van der Waals surface area contributed by atoms with Crippen LogP contribution < -0.4 is 19.6 Å². The van der Waals surface area contributed by atoms with Gasteiger partial charge in [-0.3, -0.25) is 4.79 Å². The summed E-state index contributed by atoms with van der Waals surface area (Å²) < 4.78 is 18.9. The van der Waals surface area contributed by atoms with Crippen LogP contribution in [-0.2, 0) is 6.54 Å². The van der Waals surface area contributed by atoms with Crippen LogP contribution in [0, 0.1) is 0 Å². The molecule has 0 fully saturated rings. The first kappa shape index (κ1) is 20.8. The van der Waals surface area contributed by atoms with Gasteiger partial charge < -0.3 is 18.8 Å². The summed E-state index contributed by atoms with van der Waals surface area (Å²) in [6, 6.07) is 16.7. The van der Waals surface area contributed by atoms with Crippen LogP contribution >= 0.6 is 11.6 Å². The quantitative estimate of drug-likeness (QED) is 0.286. The molecule has 4 rings (SSSR count). The Bertz CT molecular complexity index is 1320. The average molecular weight is 436 g/mol. The first-order valence-corrected chi connectivity index (χ1v) is 10.1. The largest absolute Gasteiger partial charge is 0.493 e. The number of benzene rings is 3. The molecule has 3 aromatic carbocycles. The van der Waals surface area contributed by atoms with E-state index in [2.05, 4.69) is 11.1 Å². The maximum Gasteiger partial charge on any atom is 0.203 e. The number of aromatic nitrogens is 1. The highest BCUT2D eigenvalue weighted by atomic mass is 35.5. The molecule has 0 amide bonds. The third-order valence-electron chi connectivity index (χ3n) is 5.14. The molecule has 5 nitrogen and oxygen atoms in total. The Morgan fingerprint density at radius 2 is 1.65 bits per heavy atom. The zero-order chi connectivity index (χ0) is 22.0. The van der Waals surface area contributed by atoms with Gasteiger partial charge in [0.2, 0.25) is 5.75 Å². The molecule has 31 heavy (non-hydrogen) atoms. The van der Waals surface area contributed by atoms with Gasteiger partial charge in [-0.05, 0) is 48.0 Å². The minimum Gasteiger partial charge on any atom is -0.493 e. The topological polar surface area (TPSA) is 49.7 Å². The number of para-hydroxylation sites is 1. The highest BCUT2D eigenvalue weighted by molar-refractivity contribution is 6.31. The van der Waals surface area contributed by atoms with Gasteiger partial charge in [0.1, 0.15) is 6.61 Å². The van der Waals surface area contributed by atoms with Crippen molar-refractivity contribution in [3.05, 3.63) is 88.1 Å². The van der Waals surface area contributed by atoms with E-state index in [0.717, 1.165) is 16.6 Å². The van der Waals surface area contributed by atoms with Crippen molar-refractivity contribution in [3.8, 4) is 17.2 Å². The lowest BCUT2D eigenvalue weighted by Crippen LogP contribution is -2.12. The SMILES string of the molecule is C=CCOc1c(OC)cc(Cn2c3ccccc3c(=O)c3ccc(Cl)cc32)cc1OC. The zero-order valence-electron chi connectivity index (χ0n) is 17.4. The van der Waals surface area contributed by atoms with Crippen molar-refractivity contribution in [2.45, 2.75) is 6.54 Å². The van der Waals surface area contributed by atoms with Gasteiger partial charge in [-0.25, -0.2) is 0 Å². The standard InChI is InChI=1S/C25H22ClNO4/c1-4-11-31-25-22(29-2)12-16(13-23(25)30-3)15-27-20-8-6-5-7-18(20)24(28)19-10-9-17(26)14-21(19)27/h4-10,12-14H,1,11,15H2,2-3H3. The summed E-state index contributed by atoms with van der Waals surface area (Å²) in [4.78, 5) is 13.0. The van der Waals surface area contributed by atoms with Crippen LogP contribution in [0.3, 0.4) is 0 Å². The second-order valence-electron chi connectivity index (χ2n) is 7.02. The highest BCUT2D eigenvalue weighted by Crippen LogP contribution is 2.39. The second kappa shape index (κ2) is 8.74. The van der Waals surface area contributed by atoms with Crippen molar-refractivity contribution in [2.75, 3.05) is 20.8 Å². The Balaban J connectivity index is 1.94. The van der Waals surface area contributed by atoms with E-state index in [-0.39, 0.29) is 5.43 Å². The fraction of sp³-hybridized carbons (Fsp3) is 0.160. The third-order valence-corrected chi connectivity index (χ3v) is 5.38. The van der Waals surface area contributed by atoms with Crippen molar-refractivity contribution in [1.29, 1.82) is 0 Å². The summed E-state index contributed by atoms with van der Waals surface area (Å²) in [7, 11) is 3.17. The maximum absolute atomic E-state index is 13.0. The second-order valence-corrected chi connectivity index (χ2v) is 7.46. The van der Waals surface area contributed by atoms with Gasteiger partial charge in [0.05, 0.1) is 25.3 Å². The number of hydrogen-bond donors (Lipinski definition) is 0. The summed E-state index contributed by atoms with van der Waals surface area (Å²) in [6.07, 6.45) is 1.66. The predicted molar refractivity (Wildman–Crippen MR) is 125 cm³/mol. The number of methoxy groups -OCH3 is 2. The minimum atomic E-state index is -0.0122. The van der Waals surface area contributed by atoms with Gasteiger partial charge in [0.15, 0.2) is 16.9 Å². The Kier molecular flexibility index (Phi) is 5.87. The number of nitrogens with zero attached hydrogens (tertiary/aromatic N) is 1. The van der Waals surface area contributed by atoms with E-state index in [1.165, 1.54) is 0 Å². The summed E-state index contributed by atoms with van der Waals surface area (Å²) in [5.74, 6) is 1.64. The van der Waals surface area contributed by atoms with Gasteiger partial charge in [-0.2, -0.15) is 0 Å². The van der Waals surface area contributed by atoms with E-state index in [0.29, 0.717) is 46.2 Å². The average Bonchev–Trinajstić information content (AvgIpc) is 2.80. The first-order valence-electron chi connectivity index (χ1n) is 9.76. The maximum atomic E-state index is 13.0. The molecule has 158 valence electrons. The van der Waals surface area contributed by atoms with Gasteiger partial charge in [-0.1, -0.05) is 36.4 Å². The van der Waals surface area contributed by atoms with E-state index in [9.17, 15) is 4.79 Å². The third kappa shape index (κ3) is 3.84. The fourth-order valence-corrected chi connectivity index (χ4v) is 3.93. The molecule has 0 saturated heterocycles. The predicted octanol–water partition coefficient (Wildman–Crippen LogP) is 5.44. The summed E-state index contributed by atoms with van der Waals surface area (Å²) in [6.45, 7) is 4.50. The molecular formula is C25H22ClNO4. The molecule has 0 unspecified atom stereocenters. The van der Waals surface area contributed by atoms with Crippen molar-refractivity contribution in [3.63, 3.8) is 0 Å². The van der Waals surface area contributed by atoms with E-state index >= 15 is 0 Å². The Morgan fingerprint density at radius 3 is 2.32 bits per heavy atom. The molecule has 0 aliphatic rings. The van der Waals surface area contributed by atoms with Gasteiger partial charge in [0, 0.05) is 22.3 Å². The number of pyridine rings is 1. The fourth-order valence-electron chi connectivity index (χ4n) is 3.76. The van der Waals surface area contributed by atoms with Crippen molar-refractivity contribution < 1.29 is 14.2 Å². The first-order chi connectivity index (χ1) is 15.1. The van der Waals surface area contributed by atoms with Crippen molar-refractivity contribution >= 4 is 33.4 Å². The molecule has 6 heteroatoms. The van der Waals surface area contributed by atoms with Crippen LogP contribution in [0.15, 0.2) is 72.0 Å². The molecule has 0 aliphatic carbocycles. The Morgan fingerprint density at radius 1 is 0.968 bits per heavy atom. The van der Waals surface area contributed by atoms with E-state index < -0.39 is 0 Å². The molecule has 1 aromatic heterocycles. The lowest BCUT2D eigenvalue weighted by Gasteiger charge is -2.18. The normalized spacial score (nSPS) is 10.9. The smallest absolute Gasteiger partial charge is 0.203 e. The number of rotatable bonds is 7. The summed E-state index contributed by atoms with van der Waals surface area (Å²) in [5.41, 5.74) is 2.50. The van der Waals surface area contributed by atoms with Crippen LogP contribution in [0.25, 0.3) is 21.8 Å². The molecule has 0 atom stereocenters. The van der Waals surface area contributed by atoms with Crippen LogP contribution in [0.4, 0.5) is 0 Å². The molecule has 0 spiro atoms.